The van der Waals surface area contributed by atoms with Crippen LogP contribution < -0.4 is 0 Å². The Hall–Kier alpha value is -3.25. The van der Waals surface area contributed by atoms with Crippen LogP contribution in [0.25, 0.3) is 22.4 Å². The second kappa shape index (κ2) is 7.64. The van der Waals surface area contributed by atoms with Crippen molar-refractivity contribution in [3.05, 3.63) is 82.3 Å². The third-order valence-corrected chi connectivity index (χ3v) is 4.88. The molecule has 29 heavy (non-hydrogen) atoms. The van der Waals surface area contributed by atoms with Gasteiger partial charge in [0, 0.05) is 24.2 Å². The second-order valence-corrected chi connectivity index (χ2v) is 7.24. The predicted molar refractivity (Wildman–Crippen MR) is 109 cm³/mol. The maximum absolute atomic E-state index is 13.3. The van der Waals surface area contributed by atoms with Crippen molar-refractivity contribution >= 4 is 28.6 Å². The summed E-state index contributed by atoms with van der Waals surface area (Å²) in [5.74, 6) is -0.546. The Labute approximate surface area is 171 Å². The molecular formula is C22H17ClFN3O2. The number of pyridine rings is 1. The number of nitrogens with zero attached hydrogens (tertiary/aromatic N) is 3. The summed E-state index contributed by atoms with van der Waals surface area (Å²) in [6.07, 6.45) is 0. The molecule has 1 amide bonds. The van der Waals surface area contributed by atoms with Crippen LogP contribution in [-0.2, 0) is 6.54 Å². The Morgan fingerprint density at radius 3 is 2.66 bits per heavy atom. The Morgan fingerprint density at radius 2 is 1.93 bits per heavy atom. The average molecular weight is 410 g/mol. The van der Waals surface area contributed by atoms with Gasteiger partial charge in [-0.2, -0.15) is 0 Å². The molecule has 2 heterocycles. The lowest BCUT2D eigenvalue weighted by atomic mass is 10.0. The molecule has 0 saturated heterocycles. The van der Waals surface area contributed by atoms with Crippen LogP contribution in [-0.4, -0.2) is 28.0 Å². The predicted octanol–water partition coefficient (Wildman–Crippen LogP) is 5.26. The van der Waals surface area contributed by atoms with Gasteiger partial charge in [-0.15, -0.1) is 0 Å². The normalized spacial score (nSPS) is 11.0. The third-order valence-electron chi connectivity index (χ3n) is 4.64. The zero-order chi connectivity index (χ0) is 20.5. The number of rotatable bonds is 4. The highest BCUT2D eigenvalue weighted by Crippen LogP contribution is 2.28. The number of carbonyl (C=O) groups excluding carboxylic acids is 1. The summed E-state index contributed by atoms with van der Waals surface area (Å²) < 4.78 is 18.6. The number of carbonyl (C=O) groups is 1. The van der Waals surface area contributed by atoms with Gasteiger partial charge in [-0.05, 0) is 55.0 Å². The monoisotopic (exact) mass is 409 g/mol. The van der Waals surface area contributed by atoms with E-state index in [0.29, 0.717) is 39.5 Å². The summed E-state index contributed by atoms with van der Waals surface area (Å²) in [5, 5.41) is 5.14. The molecular weight excluding hydrogens is 393 g/mol. The first kappa shape index (κ1) is 19.1. The molecule has 0 bridgehead atoms. The lowest BCUT2D eigenvalue weighted by Crippen LogP contribution is -2.26. The van der Waals surface area contributed by atoms with E-state index < -0.39 is 0 Å². The number of fused-ring (bicyclic) bond motifs is 1. The van der Waals surface area contributed by atoms with Gasteiger partial charge < -0.3 is 9.42 Å². The summed E-state index contributed by atoms with van der Waals surface area (Å²) in [6.45, 7) is 2.15. The van der Waals surface area contributed by atoms with Crippen LogP contribution in [0.1, 0.15) is 21.6 Å². The van der Waals surface area contributed by atoms with Crippen molar-refractivity contribution in [1.82, 2.24) is 15.0 Å². The Balaban J connectivity index is 1.75. The molecule has 0 fully saturated rings. The molecule has 0 radical (unpaired) electrons. The maximum atomic E-state index is 13.3. The fourth-order valence-corrected chi connectivity index (χ4v) is 3.43. The first-order valence-corrected chi connectivity index (χ1v) is 9.33. The third kappa shape index (κ3) is 3.84. The van der Waals surface area contributed by atoms with E-state index in [2.05, 4.69) is 10.1 Å². The van der Waals surface area contributed by atoms with Gasteiger partial charge in [-0.3, -0.25) is 4.79 Å². The topological polar surface area (TPSA) is 59.2 Å². The van der Waals surface area contributed by atoms with Gasteiger partial charge in [-0.25, -0.2) is 9.37 Å². The summed E-state index contributed by atoms with van der Waals surface area (Å²) in [4.78, 5) is 19.3. The van der Waals surface area contributed by atoms with E-state index in [-0.39, 0.29) is 17.4 Å². The summed E-state index contributed by atoms with van der Waals surface area (Å²) in [7, 11) is 1.72. The number of amides is 1. The molecule has 2 aromatic carbocycles. The van der Waals surface area contributed by atoms with Crippen LogP contribution in [0.3, 0.4) is 0 Å². The fraction of sp³-hybridized carbons (Fsp3) is 0.136. The molecule has 0 spiro atoms. The molecule has 0 aliphatic rings. The highest BCUT2D eigenvalue weighted by atomic mass is 35.5. The van der Waals surface area contributed by atoms with Crippen LogP contribution in [0, 0.1) is 12.7 Å². The van der Waals surface area contributed by atoms with Crippen LogP contribution in [0.4, 0.5) is 4.39 Å². The minimum atomic E-state index is -0.345. The quantitative estimate of drug-likeness (QED) is 0.461. The van der Waals surface area contributed by atoms with Crippen molar-refractivity contribution in [3.63, 3.8) is 0 Å². The zero-order valence-electron chi connectivity index (χ0n) is 15.8. The Morgan fingerprint density at radius 1 is 1.17 bits per heavy atom. The molecule has 0 saturated carbocycles. The smallest absolute Gasteiger partial charge is 0.259 e. The first-order valence-electron chi connectivity index (χ1n) is 8.95. The van der Waals surface area contributed by atoms with Gasteiger partial charge in [-0.1, -0.05) is 28.9 Å². The number of benzene rings is 2. The van der Waals surface area contributed by atoms with Crippen molar-refractivity contribution < 1.29 is 13.7 Å². The van der Waals surface area contributed by atoms with Crippen molar-refractivity contribution in [1.29, 1.82) is 0 Å². The van der Waals surface area contributed by atoms with Crippen molar-refractivity contribution in [2.24, 2.45) is 0 Å². The van der Waals surface area contributed by atoms with E-state index >= 15 is 0 Å². The molecule has 0 aliphatic heterocycles. The number of aryl methyl sites for hydroxylation is 1. The van der Waals surface area contributed by atoms with Gasteiger partial charge in [0.2, 0.25) is 0 Å². The molecule has 4 rings (SSSR count). The van der Waals surface area contributed by atoms with Crippen molar-refractivity contribution in [2.75, 3.05) is 7.05 Å². The van der Waals surface area contributed by atoms with Gasteiger partial charge in [0.25, 0.3) is 11.6 Å². The van der Waals surface area contributed by atoms with E-state index in [9.17, 15) is 9.18 Å². The van der Waals surface area contributed by atoms with Gasteiger partial charge >= 0.3 is 0 Å². The number of aromatic nitrogens is 2. The van der Waals surface area contributed by atoms with E-state index in [1.165, 1.54) is 12.1 Å². The molecule has 7 heteroatoms. The number of hydrogen-bond donors (Lipinski definition) is 0. The molecule has 0 N–H and O–H groups in total. The standard InChI is InChI=1S/C22H17ClFN3O2/c1-13-20-18(22(28)27(2)12-14-4-3-5-16(23)10-14)11-19(25-21(20)29-26-13)15-6-8-17(24)9-7-15/h3-11H,12H2,1-2H3. The molecule has 0 atom stereocenters. The fourth-order valence-electron chi connectivity index (χ4n) is 3.22. The lowest BCUT2D eigenvalue weighted by molar-refractivity contribution is 0.0787. The lowest BCUT2D eigenvalue weighted by Gasteiger charge is -2.18. The molecule has 4 aromatic rings. The molecule has 0 aliphatic carbocycles. The SMILES string of the molecule is Cc1noc2nc(-c3ccc(F)cc3)cc(C(=O)N(C)Cc3cccc(Cl)c3)c12. The molecule has 146 valence electrons. The molecule has 0 unspecified atom stereocenters. The van der Waals surface area contributed by atoms with E-state index in [4.69, 9.17) is 16.1 Å². The number of halogens is 2. The summed E-state index contributed by atoms with van der Waals surface area (Å²) in [6, 6.07) is 15.0. The van der Waals surface area contributed by atoms with E-state index in [0.717, 1.165) is 5.56 Å². The largest absolute Gasteiger partial charge is 0.337 e. The highest BCUT2D eigenvalue weighted by Gasteiger charge is 2.22. The maximum Gasteiger partial charge on any atom is 0.259 e. The minimum absolute atomic E-state index is 0.202. The first-order chi connectivity index (χ1) is 13.9. The van der Waals surface area contributed by atoms with Crippen LogP contribution in [0.2, 0.25) is 5.02 Å². The molecule has 2 aromatic heterocycles. The van der Waals surface area contributed by atoms with Crippen LogP contribution >= 0.6 is 11.6 Å². The van der Waals surface area contributed by atoms with Gasteiger partial charge in [0.1, 0.15) is 5.82 Å². The van der Waals surface area contributed by atoms with E-state index in [1.54, 1.807) is 43.1 Å². The Bertz CT molecular complexity index is 1200. The molecule has 5 nitrogen and oxygen atoms in total. The summed E-state index contributed by atoms with van der Waals surface area (Å²) >= 11 is 6.05. The Kier molecular flexibility index (Phi) is 5.03. The van der Waals surface area contributed by atoms with Crippen LogP contribution in [0.5, 0.6) is 0 Å². The van der Waals surface area contributed by atoms with Gasteiger partial charge in [0.05, 0.1) is 22.3 Å². The highest BCUT2D eigenvalue weighted by molar-refractivity contribution is 6.30. The van der Waals surface area contributed by atoms with Crippen molar-refractivity contribution in [2.45, 2.75) is 13.5 Å². The van der Waals surface area contributed by atoms with Gasteiger partial charge in [0.15, 0.2) is 0 Å². The van der Waals surface area contributed by atoms with Crippen LogP contribution in [0.15, 0.2) is 59.1 Å². The van der Waals surface area contributed by atoms with Crippen molar-refractivity contribution in [3.8, 4) is 11.3 Å². The summed E-state index contributed by atoms with van der Waals surface area (Å²) in [5.41, 5.74) is 3.38. The number of hydrogen-bond acceptors (Lipinski definition) is 4. The van der Waals surface area contributed by atoms with E-state index in [1.807, 2.05) is 18.2 Å². The minimum Gasteiger partial charge on any atom is -0.337 e. The second-order valence-electron chi connectivity index (χ2n) is 6.80. The zero-order valence-corrected chi connectivity index (χ0v) is 16.6. The average Bonchev–Trinajstić information content (AvgIpc) is 3.08.